The summed E-state index contributed by atoms with van der Waals surface area (Å²) in [6.45, 7) is 6.15. The molecule has 1 unspecified atom stereocenters. The van der Waals surface area contributed by atoms with Crippen LogP contribution in [-0.2, 0) is 10.0 Å². The van der Waals surface area contributed by atoms with Crippen molar-refractivity contribution in [2.45, 2.75) is 32.1 Å². The molecule has 2 rings (SSSR count). The van der Waals surface area contributed by atoms with Gasteiger partial charge in [0.2, 0.25) is 10.0 Å². The van der Waals surface area contributed by atoms with E-state index in [1.165, 1.54) is 13.0 Å². The fourth-order valence-electron chi connectivity index (χ4n) is 2.32. The highest BCUT2D eigenvalue weighted by molar-refractivity contribution is 7.89. The highest BCUT2D eigenvalue weighted by Crippen LogP contribution is 2.50. The molecule has 0 bridgehead atoms. The Labute approximate surface area is 123 Å². The lowest BCUT2D eigenvalue weighted by Crippen LogP contribution is -2.27. The highest BCUT2D eigenvalue weighted by Gasteiger charge is 2.45. The lowest BCUT2D eigenvalue weighted by atomic mass is 10.1. The Bertz CT molecular complexity index is 698. The van der Waals surface area contributed by atoms with Crippen LogP contribution < -0.4 is 10.5 Å². The minimum Gasteiger partial charge on any atom is -0.352 e. The van der Waals surface area contributed by atoms with Crippen LogP contribution in [0.5, 0.6) is 0 Å². The number of hydrogen-bond acceptors (Lipinski definition) is 3. The van der Waals surface area contributed by atoms with Crippen molar-refractivity contribution in [3.05, 3.63) is 29.1 Å². The molecule has 1 fully saturated rings. The summed E-state index contributed by atoms with van der Waals surface area (Å²) in [5.74, 6) is -0.927. The molecule has 1 saturated carbocycles. The van der Waals surface area contributed by atoms with Gasteiger partial charge in [0.25, 0.3) is 5.91 Å². The molecule has 0 radical (unpaired) electrons. The maximum Gasteiger partial charge on any atom is 0.251 e. The SMILES string of the molecule is Cc1cc(C(=O)NCC2CC2(C)C)cc(S(N)(=O)=O)c1F. The molecule has 0 aliphatic heterocycles. The minimum absolute atomic E-state index is 0.0680. The molecule has 116 valence electrons. The van der Waals surface area contributed by atoms with Crippen molar-refractivity contribution in [2.75, 3.05) is 6.54 Å². The van der Waals surface area contributed by atoms with Crippen molar-refractivity contribution in [3.63, 3.8) is 0 Å². The number of benzene rings is 1. The number of carbonyl (C=O) groups is 1. The van der Waals surface area contributed by atoms with E-state index < -0.39 is 26.6 Å². The number of rotatable bonds is 4. The van der Waals surface area contributed by atoms with Crippen LogP contribution in [0.25, 0.3) is 0 Å². The van der Waals surface area contributed by atoms with Crippen molar-refractivity contribution in [3.8, 4) is 0 Å². The Morgan fingerprint density at radius 2 is 2.05 bits per heavy atom. The Morgan fingerprint density at radius 1 is 1.48 bits per heavy atom. The number of nitrogens with one attached hydrogen (secondary N) is 1. The summed E-state index contributed by atoms with van der Waals surface area (Å²) >= 11 is 0. The first-order valence-corrected chi connectivity index (χ1v) is 8.18. The zero-order valence-corrected chi connectivity index (χ0v) is 13.1. The summed E-state index contributed by atoms with van der Waals surface area (Å²) in [7, 11) is -4.20. The van der Waals surface area contributed by atoms with E-state index >= 15 is 0 Å². The number of nitrogens with two attached hydrogens (primary N) is 1. The quantitative estimate of drug-likeness (QED) is 0.883. The predicted octanol–water partition coefficient (Wildman–Crippen LogP) is 1.56. The van der Waals surface area contributed by atoms with Gasteiger partial charge < -0.3 is 5.32 Å². The van der Waals surface area contributed by atoms with Gasteiger partial charge in [-0.05, 0) is 42.4 Å². The van der Waals surface area contributed by atoms with Crippen LogP contribution in [0, 0.1) is 24.1 Å². The number of aryl methyl sites for hydroxylation is 1. The predicted molar refractivity (Wildman–Crippen MR) is 76.7 cm³/mol. The molecule has 3 N–H and O–H groups in total. The van der Waals surface area contributed by atoms with Gasteiger partial charge in [-0.3, -0.25) is 4.79 Å². The van der Waals surface area contributed by atoms with E-state index in [1.54, 1.807) is 0 Å². The molecule has 21 heavy (non-hydrogen) atoms. The second-order valence-corrected chi connectivity index (χ2v) is 7.78. The van der Waals surface area contributed by atoms with Crippen molar-refractivity contribution in [1.82, 2.24) is 5.32 Å². The average molecular weight is 314 g/mol. The zero-order valence-electron chi connectivity index (χ0n) is 12.2. The van der Waals surface area contributed by atoms with Crippen LogP contribution >= 0.6 is 0 Å². The second-order valence-electron chi connectivity index (χ2n) is 6.25. The third kappa shape index (κ3) is 3.41. The smallest absolute Gasteiger partial charge is 0.251 e. The van der Waals surface area contributed by atoms with E-state index in [0.717, 1.165) is 12.5 Å². The number of hydrogen-bond donors (Lipinski definition) is 2. The van der Waals surface area contributed by atoms with Crippen LogP contribution in [0.1, 0.15) is 36.2 Å². The van der Waals surface area contributed by atoms with Gasteiger partial charge in [0.05, 0.1) is 0 Å². The molecule has 0 saturated heterocycles. The summed E-state index contributed by atoms with van der Waals surface area (Å²) in [4.78, 5) is 11.4. The molecule has 0 heterocycles. The molecule has 0 aromatic heterocycles. The first kappa shape index (κ1) is 15.9. The molecule has 1 atom stereocenters. The number of amides is 1. The molecule has 1 aromatic carbocycles. The average Bonchev–Trinajstić information content (AvgIpc) is 2.95. The molecule has 1 aromatic rings. The number of sulfonamides is 1. The Morgan fingerprint density at radius 3 is 2.52 bits per heavy atom. The van der Waals surface area contributed by atoms with Crippen molar-refractivity contribution in [2.24, 2.45) is 16.5 Å². The van der Waals surface area contributed by atoms with Gasteiger partial charge in [0.1, 0.15) is 10.7 Å². The van der Waals surface area contributed by atoms with Gasteiger partial charge in [0.15, 0.2) is 0 Å². The number of carbonyl (C=O) groups excluding carboxylic acids is 1. The van der Waals surface area contributed by atoms with E-state index in [-0.39, 0.29) is 16.5 Å². The van der Waals surface area contributed by atoms with Crippen LogP contribution in [0.3, 0.4) is 0 Å². The number of primary sulfonamides is 1. The third-order valence-corrected chi connectivity index (χ3v) is 4.93. The van der Waals surface area contributed by atoms with Gasteiger partial charge in [-0.1, -0.05) is 13.8 Å². The monoisotopic (exact) mass is 314 g/mol. The molecular formula is C14H19FN2O3S. The molecule has 1 aliphatic carbocycles. The minimum atomic E-state index is -4.20. The second kappa shape index (κ2) is 5.06. The van der Waals surface area contributed by atoms with Crippen LogP contribution in [0.4, 0.5) is 4.39 Å². The molecular weight excluding hydrogens is 295 g/mol. The van der Waals surface area contributed by atoms with E-state index in [0.29, 0.717) is 12.5 Å². The summed E-state index contributed by atoms with van der Waals surface area (Å²) in [5, 5.41) is 7.71. The Kier molecular flexibility index (Phi) is 3.84. The molecule has 0 spiro atoms. The third-order valence-electron chi connectivity index (χ3n) is 4.02. The van der Waals surface area contributed by atoms with E-state index in [2.05, 4.69) is 19.2 Å². The summed E-state index contributed by atoms with van der Waals surface area (Å²) in [5.41, 5.74) is 0.396. The Hall–Kier alpha value is -1.47. The summed E-state index contributed by atoms with van der Waals surface area (Å²) < 4.78 is 36.5. The van der Waals surface area contributed by atoms with Crippen LogP contribution in [-0.4, -0.2) is 20.9 Å². The lowest BCUT2D eigenvalue weighted by molar-refractivity contribution is 0.0950. The van der Waals surface area contributed by atoms with E-state index in [4.69, 9.17) is 5.14 Å². The standard InChI is InChI=1S/C14H19FN2O3S/c1-8-4-9(5-11(12(8)15)21(16,19)20)13(18)17-7-10-6-14(10,2)3/h4-5,10H,6-7H2,1-3H3,(H,17,18)(H2,16,19,20). The fourth-order valence-corrected chi connectivity index (χ4v) is 3.02. The zero-order chi connectivity index (χ0) is 16.0. The van der Waals surface area contributed by atoms with Crippen molar-refractivity contribution < 1.29 is 17.6 Å². The van der Waals surface area contributed by atoms with Gasteiger partial charge in [-0.25, -0.2) is 17.9 Å². The van der Waals surface area contributed by atoms with Crippen molar-refractivity contribution >= 4 is 15.9 Å². The molecule has 5 nitrogen and oxygen atoms in total. The van der Waals surface area contributed by atoms with Gasteiger partial charge >= 0.3 is 0 Å². The molecule has 1 amide bonds. The highest BCUT2D eigenvalue weighted by atomic mass is 32.2. The number of halogens is 1. The Balaban J connectivity index is 2.20. The van der Waals surface area contributed by atoms with Crippen molar-refractivity contribution in [1.29, 1.82) is 0 Å². The topological polar surface area (TPSA) is 89.3 Å². The van der Waals surface area contributed by atoms with Gasteiger partial charge in [0, 0.05) is 12.1 Å². The maximum absolute atomic E-state index is 13.8. The summed E-state index contributed by atoms with van der Waals surface area (Å²) in [6, 6.07) is 2.29. The first-order chi connectivity index (χ1) is 9.52. The van der Waals surface area contributed by atoms with Gasteiger partial charge in [-0.2, -0.15) is 0 Å². The van der Waals surface area contributed by atoms with Crippen LogP contribution in [0.15, 0.2) is 17.0 Å². The van der Waals surface area contributed by atoms with Crippen LogP contribution in [0.2, 0.25) is 0 Å². The molecule has 7 heteroatoms. The van der Waals surface area contributed by atoms with Gasteiger partial charge in [-0.15, -0.1) is 0 Å². The molecule has 1 aliphatic rings. The maximum atomic E-state index is 13.8. The van der Waals surface area contributed by atoms with E-state index in [1.807, 2.05) is 0 Å². The largest absolute Gasteiger partial charge is 0.352 e. The summed E-state index contributed by atoms with van der Waals surface area (Å²) in [6.07, 6.45) is 1.04. The van der Waals surface area contributed by atoms with E-state index in [9.17, 15) is 17.6 Å². The normalized spacial score (nSPS) is 20.1. The lowest BCUT2D eigenvalue weighted by Gasteiger charge is -2.10. The first-order valence-electron chi connectivity index (χ1n) is 6.63. The fraction of sp³-hybridized carbons (Fsp3) is 0.500.